The first kappa shape index (κ1) is 14.5. The summed E-state index contributed by atoms with van der Waals surface area (Å²) in [6, 6.07) is 10.7. The number of alkyl halides is 1. The molecule has 1 aromatic rings. The van der Waals surface area contributed by atoms with Crippen LogP contribution < -0.4 is 5.32 Å². The molecule has 0 aliphatic rings. The van der Waals surface area contributed by atoms with Crippen molar-refractivity contribution in [2.75, 3.05) is 19.0 Å². The third kappa shape index (κ3) is 6.70. The first-order chi connectivity index (χ1) is 8.36. The summed E-state index contributed by atoms with van der Waals surface area (Å²) in [5.41, 5.74) is 1.43. The topological polar surface area (TPSA) is 12.0 Å². The Kier molecular flexibility index (Phi) is 8.12. The molecule has 1 rings (SSSR count). The van der Waals surface area contributed by atoms with Gasteiger partial charge in [-0.3, -0.25) is 0 Å². The van der Waals surface area contributed by atoms with Gasteiger partial charge in [0.15, 0.2) is 0 Å². The van der Waals surface area contributed by atoms with Gasteiger partial charge in [0.25, 0.3) is 0 Å². The lowest BCUT2D eigenvalue weighted by atomic mass is 10.0. The molecular weight excluding hydrogens is 230 g/mol. The average molecular weight is 254 g/mol. The molecule has 0 fully saturated rings. The second kappa shape index (κ2) is 9.49. The van der Waals surface area contributed by atoms with Gasteiger partial charge in [0.2, 0.25) is 0 Å². The van der Waals surface area contributed by atoms with Gasteiger partial charge >= 0.3 is 0 Å². The maximum Gasteiger partial charge on any atom is 0.0226 e. The van der Waals surface area contributed by atoms with Gasteiger partial charge in [-0.1, -0.05) is 43.7 Å². The minimum atomic E-state index is 0.740. The molecule has 0 spiro atoms. The molecule has 1 aromatic carbocycles. The highest BCUT2D eigenvalue weighted by molar-refractivity contribution is 6.17. The number of rotatable bonds is 9. The van der Waals surface area contributed by atoms with E-state index in [4.69, 9.17) is 11.6 Å². The van der Waals surface area contributed by atoms with Crippen molar-refractivity contribution in [3.8, 4) is 0 Å². The lowest BCUT2D eigenvalue weighted by Crippen LogP contribution is -2.24. The molecular formula is C15H24ClN. The van der Waals surface area contributed by atoms with Gasteiger partial charge in [-0.05, 0) is 43.8 Å². The van der Waals surface area contributed by atoms with E-state index in [-0.39, 0.29) is 0 Å². The summed E-state index contributed by atoms with van der Waals surface area (Å²) >= 11 is 5.77. The van der Waals surface area contributed by atoms with E-state index in [1.165, 1.54) is 24.8 Å². The van der Waals surface area contributed by atoms with Gasteiger partial charge in [0.1, 0.15) is 0 Å². The molecule has 0 saturated heterocycles. The van der Waals surface area contributed by atoms with E-state index in [0.29, 0.717) is 0 Å². The minimum absolute atomic E-state index is 0.740. The first-order valence-corrected chi connectivity index (χ1v) is 7.20. The predicted molar refractivity (Wildman–Crippen MR) is 76.8 cm³/mol. The number of nitrogens with one attached hydrogen (secondary N) is 1. The Balaban J connectivity index is 2.04. The molecule has 1 nitrogen and oxygen atoms in total. The van der Waals surface area contributed by atoms with Crippen molar-refractivity contribution in [2.24, 2.45) is 5.92 Å². The van der Waals surface area contributed by atoms with Gasteiger partial charge in [-0.25, -0.2) is 0 Å². The second-order valence-electron chi connectivity index (χ2n) is 4.55. The quantitative estimate of drug-likeness (QED) is 0.521. The normalized spacial score (nSPS) is 12.6. The van der Waals surface area contributed by atoms with Crippen LogP contribution in [-0.4, -0.2) is 19.0 Å². The fraction of sp³-hybridized carbons (Fsp3) is 0.600. The fourth-order valence-electron chi connectivity index (χ4n) is 1.97. The Labute approximate surface area is 111 Å². The average Bonchev–Trinajstić information content (AvgIpc) is 2.38. The van der Waals surface area contributed by atoms with E-state index in [1.807, 2.05) is 0 Å². The fourth-order valence-corrected chi connectivity index (χ4v) is 2.28. The standard InChI is InChI=1S/C15H24ClN/c1-2-14(10-11-16)13-17-12-6-9-15-7-4-3-5-8-15/h3-5,7-8,14,17H,2,6,9-13H2,1H3. The molecule has 0 saturated carbocycles. The van der Waals surface area contributed by atoms with Gasteiger partial charge in [0, 0.05) is 5.88 Å². The van der Waals surface area contributed by atoms with Crippen molar-refractivity contribution in [3.05, 3.63) is 35.9 Å². The zero-order chi connectivity index (χ0) is 12.3. The molecule has 1 N–H and O–H groups in total. The van der Waals surface area contributed by atoms with Crippen LogP contribution in [0.3, 0.4) is 0 Å². The number of halogens is 1. The third-order valence-corrected chi connectivity index (χ3v) is 3.41. The summed E-state index contributed by atoms with van der Waals surface area (Å²) < 4.78 is 0. The third-order valence-electron chi connectivity index (χ3n) is 3.19. The number of hydrogen-bond donors (Lipinski definition) is 1. The molecule has 0 aliphatic carbocycles. The van der Waals surface area contributed by atoms with Crippen molar-refractivity contribution < 1.29 is 0 Å². The monoisotopic (exact) mass is 253 g/mol. The summed E-state index contributed by atoms with van der Waals surface area (Å²) in [5, 5.41) is 3.53. The zero-order valence-corrected chi connectivity index (χ0v) is 11.5. The molecule has 0 amide bonds. The Bertz CT molecular complexity index is 274. The lowest BCUT2D eigenvalue weighted by Gasteiger charge is -2.14. The number of benzene rings is 1. The number of hydrogen-bond acceptors (Lipinski definition) is 1. The molecule has 0 bridgehead atoms. The molecule has 0 aromatic heterocycles. The maximum atomic E-state index is 5.77. The maximum absolute atomic E-state index is 5.77. The summed E-state index contributed by atoms with van der Waals surface area (Å²) in [7, 11) is 0. The van der Waals surface area contributed by atoms with Crippen LogP contribution in [0.5, 0.6) is 0 Å². The van der Waals surface area contributed by atoms with E-state index < -0.39 is 0 Å². The van der Waals surface area contributed by atoms with Crippen molar-refractivity contribution in [2.45, 2.75) is 32.6 Å². The van der Waals surface area contributed by atoms with Gasteiger partial charge in [0.05, 0.1) is 0 Å². The Morgan fingerprint density at radius 2 is 2.00 bits per heavy atom. The summed E-state index contributed by atoms with van der Waals surface area (Å²) in [6.45, 7) is 4.45. The molecule has 1 unspecified atom stereocenters. The Morgan fingerprint density at radius 1 is 1.24 bits per heavy atom. The summed E-state index contributed by atoms with van der Waals surface area (Å²) in [6.07, 6.45) is 4.73. The van der Waals surface area contributed by atoms with Gasteiger partial charge in [-0.2, -0.15) is 0 Å². The zero-order valence-electron chi connectivity index (χ0n) is 10.8. The molecule has 0 radical (unpaired) electrons. The van der Waals surface area contributed by atoms with E-state index in [1.54, 1.807) is 0 Å². The van der Waals surface area contributed by atoms with E-state index >= 15 is 0 Å². The Hall–Kier alpha value is -0.530. The molecule has 0 aliphatic heterocycles. The second-order valence-corrected chi connectivity index (χ2v) is 4.92. The molecule has 17 heavy (non-hydrogen) atoms. The predicted octanol–water partition coefficient (Wildman–Crippen LogP) is 3.86. The van der Waals surface area contributed by atoms with Gasteiger partial charge < -0.3 is 5.32 Å². The molecule has 96 valence electrons. The van der Waals surface area contributed by atoms with Crippen LogP contribution in [0, 0.1) is 5.92 Å². The SMILES string of the molecule is CCC(CCCl)CNCCCc1ccccc1. The van der Waals surface area contributed by atoms with E-state index in [2.05, 4.69) is 42.6 Å². The highest BCUT2D eigenvalue weighted by Gasteiger charge is 2.04. The van der Waals surface area contributed by atoms with Crippen molar-refractivity contribution in [1.82, 2.24) is 5.32 Å². The Morgan fingerprint density at radius 3 is 2.65 bits per heavy atom. The minimum Gasteiger partial charge on any atom is -0.316 e. The summed E-state index contributed by atoms with van der Waals surface area (Å²) in [5.74, 6) is 1.52. The van der Waals surface area contributed by atoms with Crippen LogP contribution in [0.2, 0.25) is 0 Å². The smallest absolute Gasteiger partial charge is 0.0226 e. The van der Waals surface area contributed by atoms with Crippen LogP contribution in [0.4, 0.5) is 0 Å². The van der Waals surface area contributed by atoms with Crippen LogP contribution in [0.25, 0.3) is 0 Å². The highest BCUT2D eigenvalue weighted by Crippen LogP contribution is 2.07. The molecule has 1 atom stereocenters. The largest absolute Gasteiger partial charge is 0.316 e. The van der Waals surface area contributed by atoms with E-state index in [0.717, 1.165) is 31.3 Å². The van der Waals surface area contributed by atoms with Crippen molar-refractivity contribution >= 4 is 11.6 Å². The molecule has 0 heterocycles. The lowest BCUT2D eigenvalue weighted by molar-refractivity contribution is 0.450. The van der Waals surface area contributed by atoms with Crippen LogP contribution >= 0.6 is 11.6 Å². The van der Waals surface area contributed by atoms with Crippen molar-refractivity contribution in [1.29, 1.82) is 0 Å². The van der Waals surface area contributed by atoms with E-state index in [9.17, 15) is 0 Å². The first-order valence-electron chi connectivity index (χ1n) is 6.67. The van der Waals surface area contributed by atoms with Crippen LogP contribution in [0.1, 0.15) is 31.7 Å². The number of aryl methyl sites for hydroxylation is 1. The van der Waals surface area contributed by atoms with Crippen LogP contribution in [-0.2, 0) is 6.42 Å². The molecule has 2 heteroatoms. The van der Waals surface area contributed by atoms with Crippen molar-refractivity contribution in [3.63, 3.8) is 0 Å². The summed E-state index contributed by atoms with van der Waals surface area (Å²) in [4.78, 5) is 0. The highest BCUT2D eigenvalue weighted by atomic mass is 35.5. The van der Waals surface area contributed by atoms with Crippen LogP contribution in [0.15, 0.2) is 30.3 Å². The van der Waals surface area contributed by atoms with Gasteiger partial charge in [-0.15, -0.1) is 11.6 Å².